The summed E-state index contributed by atoms with van der Waals surface area (Å²) in [5, 5.41) is 0. The zero-order chi connectivity index (χ0) is 17.5. The molecule has 1 saturated heterocycles. The fourth-order valence-corrected chi connectivity index (χ4v) is 3.49. The van der Waals surface area contributed by atoms with Crippen LogP contribution >= 0.6 is 0 Å². The Kier molecular flexibility index (Phi) is 4.27. The Labute approximate surface area is 138 Å². The van der Waals surface area contributed by atoms with E-state index in [0.29, 0.717) is 6.54 Å². The van der Waals surface area contributed by atoms with Gasteiger partial charge in [0.15, 0.2) is 0 Å². The summed E-state index contributed by atoms with van der Waals surface area (Å²) in [7, 11) is 0. The van der Waals surface area contributed by atoms with Crippen molar-refractivity contribution in [2.75, 3.05) is 24.5 Å². The van der Waals surface area contributed by atoms with Crippen molar-refractivity contribution in [1.82, 2.24) is 4.90 Å². The topological polar surface area (TPSA) is 40.6 Å². The fourth-order valence-electron chi connectivity index (χ4n) is 3.49. The lowest BCUT2D eigenvalue weighted by molar-refractivity contribution is -0.186. The SMILES string of the molecule is Cc1ccc2c(c1)CCN2C(=O)C1CCN(C(=O)C(F)(F)F)CC1. The highest BCUT2D eigenvalue weighted by Crippen LogP contribution is 2.32. The zero-order valence-corrected chi connectivity index (χ0v) is 13.4. The van der Waals surface area contributed by atoms with E-state index in [9.17, 15) is 22.8 Å². The number of fused-ring (bicyclic) bond motifs is 1. The molecule has 2 heterocycles. The molecule has 1 aromatic rings. The number of carbonyl (C=O) groups is 2. The molecule has 7 heteroatoms. The third-order valence-corrected chi connectivity index (χ3v) is 4.77. The monoisotopic (exact) mass is 340 g/mol. The molecule has 0 aliphatic carbocycles. The summed E-state index contributed by atoms with van der Waals surface area (Å²) in [6, 6.07) is 5.94. The summed E-state index contributed by atoms with van der Waals surface area (Å²) < 4.78 is 37.4. The minimum Gasteiger partial charge on any atom is -0.335 e. The smallest absolute Gasteiger partial charge is 0.335 e. The maximum Gasteiger partial charge on any atom is 0.471 e. The van der Waals surface area contributed by atoms with Crippen molar-refractivity contribution in [2.24, 2.45) is 5.92 Å². The van der Waals surface area contributed by atoms with Gasteiger partial charge in [0.2, 0.25) is 5.91 Å². The summed E-state index contributed by atoms with van der Waals surface area (Å²) in [6.07, 6.45) is -3.49. The van der Waals surface area contributed by atoms with Crippen molar-refractivity contribution in [3.8, 4) is 0 Å². The molecule has 2 amide bonds. The highest BCUT2D eigenvalue weighted by molar-refractivity contribution is 5.97. The van der Waals surface area contributed by atoms with Gasteiger partial charge in [-0.05, 0) is 37.8 Å². The number of carbonyl (C=O) groups excluding carboxylic acids is 2. The largest absolute Gasteiger partial charge is 0.471 e. The second-order valence-corrected chi connectivity index (χ2v) is 6.44. The molecule has 2 aliphatic rings. The van der Waals surface area contributed by atoms with E-state index in [-0.39, 0.29) is 37.8 Å². The van der Waals surface area contributed by atoms with Crippen molar-refractivity contribution in [3.63, 3.8) is 0 Å². The summed E-state index contributed by atoms with van der Waals surface area (Å²) >= 11 is 0. The number of nitrogens with zero attached hydrogens (tertiary/aromatic N) is 2. The van der Waals surface area contributed by atoms with Gasteiger partial charge in [0.1, 0.15) is 0 Å². The number of anilines is 1. The maximum absolute atomic E-state index is 12.7. The Morgan fingerprint density at radius 1 is 1.12 bits per heavy atom. The quantitative estimate of drug-likeness (QED) is 0.789. The number of aryl methyl sites for hydroxylation is 1. The van der Waals surface area contributed by atoms with E-state index in [2.05, 4.69) is 6.07 Å². The standard InChI is InChI=1S/C17H19F3N2O2/c1-11-2-3-14-13(10-11)6-9-22(14)15(23)12-4-7-21(8-5-12)16(24)17(18,19)20/h2-3,10,12H,4-9H2,1H3. The van der Waals surface area contributed by atoms with Gasteiger partial charge in [-0.1, -0.05) is 17.7 Å². The number of hydrogen-bond acceptors (Lipinski definition) is 2. The molecule has 3 rings (SSSR count). The number of likely N-dealkylation sites (tertiary alicyclic amines) is 1. The molecule has 0 atom stereocenters. The highest BCUT2D eigenvalue weighted by atomic mass is 19.4. The van der Waals surface area contributed by atoms with Crippen molar-refractivity contribution in [2.45, 2.75) is 32.4 Å². The van der Waals surface area contributed by atoms with Crippen LogP contribution < -0.4 is 4.90 Å². The number of rotatable bonds is 1. The molecular weight excluding hydrogens is 321 g/mol. The van der Waals surface area contributed by atoms with E-state index >= 15 is 0 Å². The summed E-state index contributed by atoms with van der Waals surface area (Å²) in [4.78, 5) is 26.5. The minimum atomic E-state index is -4.84. The highest BCUT2D eigenvalue weighted by Gasteiger charge is 2.44. The molecule has 24 heavy (non-hydrogen) atoms. The van der Waals surface area contributed by atoms with Crippen molar-refractivity contribution in [3.05, 3.63) is 29.3 Å². The van der Waals surface area contributed by atoms with Gasteiger partial charge in [-0.25, -0.2) is 0 Å². The first-order valence-electron chi connectivity index (χ1n) is 8.04. The number of benzene rings is 1. The average molecular weight is 340 g/mol. The zero-order valence-electron chi connectivity index (χ0n) is 13.4. The molecule has 0 N–H and O–H groups in total. The molecule has 0 saturated carbocycles. The molecule has 0 radical (unpaired) electrons. The number of hydrogen-bond donors (Lipinski definition) is 0. The summed E-state index contributed by atoms with van der Waals surface area (Å²) in [5.74, 6) is -2.18. The lowest BCUT2D eigenvalue weighted by Gasteiger charge is -2.33. The first-order chi connectivity index (χ1) is 11.3. The normalized spacial score (nSPS) is 18.7. The third-order valence-electron chi connectivity index (χ3n) is 4.77. The Balaban J connectivity index is 1.64. The van der Waals surface area contributed by atoms with Gasteiger partial charge in [-0.15, -0.1) is 0 Å². The van der Waals surface area contributed by atoms with E-state index in [1.54, 1.807) is 4.90 Å². The summed E-state index contributed by atoms with van der Waals surface area (Å²) in [6.45, 7) is 2.56. The van der Waals surface area contributed by atoms with Gasteiger partial charge in [0, 0.05) is 31.2 Å². The number of halogens is 3. The van der Waals surface area contributed by atoms with E-state index in [4.69, 9.17) is 0 Å². The molecule has 1 aromatic carbocycles. The number of piperidine rings is 1. The van der Waals surface area contributed by atoms with Crippen LogP contribution in [0.15, 0.2) is 18.2 Å². The van der Waals surface area contributed by atoms with E-state index in [1.807, 2.05) is 19.1 Å². The molecule has 4 nitrogen and oxygen atoms in total. The molecule has 0 bridgehead atoms. The number of alkyl halides is 3. The molecule has 0 unspecified atom stereocenters. The van der Waals surface area contributed by atoms with E-state index in [0.717, 1.165) is 28.1 Å². The Morgan fingerprint density at radius 3 is 2.42 bits per heavy atom. The van der Waals surface area contributed by atoms with Crippen LogP contribution in [0.3, 0.4) is 0 Å². The predicted octanol–water partition coefficient (Wildman–Crippen LogP) is 2.69. The first kappa shape index (κ1) is 16.8. The Morgan fingerprint density at radius 2 is 1.79 bits per heavy atom. The van der Waals surface area contributed by atoms with E-state index in [1.165, 1.54) is 0 Å². The van der Waals surface area contributed by atoms with Gasteiger partial charge in [0.05, 0.1) is 0 Å². The van der Waals surface area contributed by atoms with Crippen LogP contribution in [-0.2, 0) is 16.0 Å². The molecule has 0 aromatic heterocycles. The van der Waals surface area contributed by atoms with Gasteiger partial charge < -0.3 is 9.80 Å². The Bertz CT molecular complexity index is 664. The van der Waals surface area contributed by atoms with Crippen LogP contribution in [0.2, 0.25) is 0 Å². The van der Waals surface area contributed by atoms with Crippen LogP contribution in [0, 0.1) is 12.8 Å². The molecule has 0 spiro atoms. The lowest BCUT2D eigenvalue weighted by Crippen LogP contribution is -2.48. The van der Waals surface area contributed by atoms with Gasteiger partial charge in [0.25, 0.3) is 0 Å². The summed E-state index contributed by atoms with van der Waals surface area (Å²) in [5.41, 5.74) is 3.18. The fraction of sp³-hybridized carbons (Fsp3) is 0.529. The second-order valence-electron chi connectivity index (χ2n) is 6.44. The maximum atomic E-state index is 12.7. The molecular formula is C17H19F3N2O2. The average Bonchev–Trinajstić information content (AvgIpc) is 2.95. The van der Waals surface area contributed by atoms with Crippen LogP contribution in [0.5, 0.6) is 0 Å². The first-order valence-corrected chi connectivity index (χ1v) is 8.04. The molecule has 130 valence electrons. The van der Waals surface area contributed by atoms with Crippen molar-refractivity contribution >= 4 is 17.5 Å². The van der Waals surface area contributed by atoms with Crippen molar-refractivity contribution < 1.29 is 22.8 Å². The van der Waals surface area contributed by atoms with Crippen molar-refractivity contribution in [1.29, 1.82) is 0 Å². The minimum absolute atomic E-state index is 0.0245. The van der Waals surface area contributed by atoms with Crippen LogP contribution in [0.1, 0.15) is 24.0 Å². The van der Waals surface area contributed by atoms with Gasteiger partial charge >= 0.3 is 12.1 Å². The van der Waals surface area contributed by atoms with Crippen LogP contribution in [0.4, 0.5) is 18.9 Å². The van der Waals surface area contributed by atoms with Gasteiger partial charge in [-0.3, -0.25) is 9.59 Å². The van der Waals surface area contributed by atoms with Crippen LogP contribution in [-0.4, -0.2) is 42.5 Å². The van der Waals surface area contributed by atoms with E-state index < -0.39 is 12.1 Å². The number of amides is 2. The third kappa shape index (κ3) is 3.12. The van der Waals surface area contributed by atoms with Gasteiger partial charge in [-0.2, -0.15) is 13.2 Å². The molecule has 1 fully saturated rings. The molecule has 2 aliphatic heterocycles. The predicted molar refractivity (Wildman–Crippen MR) is 82.6 cm³/mol. The lowest BCUT2D eigenvalue weighted by atomic mass is 9.95. The second kappa shape index (κ2) is 6.11. The Hall–Kier alpha value is -2.05. The van der Waals surface area contributed by atoms with Crippen LogP contribution in [0.25, 0.3) is 0 Å².